The average Bonchev–Trinajstić information content (AvgIpc) is 2.96. The van der Waals surface area contributed by atoms with E-state index in [-0.39, 0.29) is 24.9 Å². The Morgan fingerprint density at radius 1 is 1.45 bits per heavy atom. The zero-order valence-electron chi connectivity index (χ0n) is 11.9. The van der Waals surface area contributed by atoms with Crippen LogP contribution in [0, 0.1) is 0 Å². The summed E-state index contributed by atoms with van der Waals surface area (Å²) in [5.41, 5.74) is 1.13. The van der Waals surface area contributed by atoms with Crippen LogP contribution in [0.3, 0.4) is 0 Å². The molecule has 2 N–H and O–H groups in total. The van der Waals surface area contributed by atoms with Crippen LogP contribution in [0.4, 0.5) is 0 Å². The number of benzene rings is 1. The zero-order valence-corrected chi connectivity index (χ0v) is 12.7. The molecule has 0 radical (unpaired) electrons. The molecule has 0 saturated carbocycles. The van der Waals surface area contributed by atoms with Crippen LogP contribution in [0.15, 0.2) is 24.3 Å². The van der Waals surface area contributed by atoms with Crippen LogP contribution in [0.2, 0.25) is 0 Å². The smallest absolute Gasteiger partial charge is 0.257 e. The summed E-state index contributed by atoms with van der Waals surface area (Å²) >= 11 is 0. The van der Waals surface area contributed by atoms with Gasteiger partial charge in [0, 0.05) is 12.6 Å². The first-order chi connectivity index (χ1) is 9.29. The lowest BCUT2D eigenvalue weighted by molar-refractivity contribution is -0.123. The summed E-state index contributed by atoms with van der Waals surface area (Å²) in [4.78, 5) is 11.7. The van der Waals surface area contributed by atoms with Gasteiger partial charge in [-0.15, -0.1) is 12.4 Å². The summed E-state index contributed by atoms with van der Waals surface area (Å²) in [6.07, 6.45) is 3.24. The summed E-state index contributed by atoms with van der Waals surface area (Å²) in [6, 6.07) is 8.26. The van der Waals surface area contributed by atoms with Crippen LogP contribution in [0.25, 0.3) is 0 Å². The van der Waals surface area contributed by atoms with Gasteiger partial charge in [0.2, 0.25) is 0 Å². The van der Waals surface area contributed by atoms with Gasteiger partial charge in [0.05, 0.1) is 0 Å². The molecule has 4 nitrogen and oxygen atoms in total. The van der Waals surface area contributed by atoms with Crippen molar-refractivity contribution < 1.29 is 9.53 Å². The van der Waals surface area contributed by atoms with Crippen molar-refractivity contribution in [3.05, 3.63) is 29.8 Å². The Morgan fingerprint density at radius 2 is 2.25 bits per heavy atom. The second-order valence-electron chi connectivity index (χ2n) is 4.85. The quantitative estimate of drug-likeness (QED) is 0.843. The molecular weight excluding hydrogens is 276 g/mol. The van der Waals surface area contributed by atoms with Gasteiger partial charge < -0.3 is 15.4 Å². The van der Waals surface area contributed by atoms with Crippen LogP contribution in [-0.2, 0) is 11.2 Å². The third-order valence-corrected chi connectivity index (χ3v) is 3.42. The highest BCUT2D eigenvalue weighted by Gasteiger charge is 2.14. The van der Waals surface area contributed by atoms with E-state index < -0.39 is 0 Å². The lowest BCUT2D eigenvalue weighted by atomic mass is 10.1. The standard InChI is InChI=1S/C15H22N2O2.ClH/c1-2-12-6-3-4-8-14(12)19-11-15(18)17-10-13-7-5-9-16-13;/h3-4,6,8,13,16H,2,5,7,9-11H2,1H3,(H,17,18);1H. The highest BCUT2D eigenvalue weighted by Crippen LogP contribution is 2.17. The fourth-order valence-electron chi connectivity index (χ4n) is 2.30. The molecule has 1 heterocycles. The number of nitrogens with one attached hydrogen (secondary N) is 2. The molecule has 2 rings (SSSR count). The molecule has 5 heteroatoms. The number of hydrogen-bond acceptors (Lipinski definition) is 3. The summed E-state index contributed by atoms with van der Waals surface area (Å²) in [7, 11) is 0. The van der Waals surface area contributed by atoms with Gasteiger partial charge in [-0.3, -0.25) is 4.79 Å². The second-order valence-corrected chi connectivity index (χ2v) is 4.85. The lowest BCUT2D eigenvalue weighted by Crippen LogP contribution is -2.39. The van der Waals surface area contributed by atoms with Gasteiger partial charge in [-0.1, -0.05) is 25.1 Å². The summed E-state index contributed by atoms with van der Waals surface area (Å²) in [5.74, 6) is 0.749. The molecule has 1 amide bonds. The molecule has 0 spiro atoms. The fourth-order valence-corrected chi connectivity index (χ4v) is 2.30. The minimum Gasteiger partial charge on any atom is -0.483 e. The molecule has 1 aliphatic rings. The van der Waals surface area contributed by atoms with Crippen molar-refractivity contribution in [2.45, 2.75) is 32.2 Å². The highest BCUT2D eigenvalue weighted by molar-refractivity contribution is 5.85. The number of rotatable bonds is 6. The number of ether oxygens (including phenoxy) is 1. The Labute approximate surface area is 126 Å². The van der Waals surface area contributed by atoms with E-state index in [0.717, 1.165) is 30.7 Å². The Morgan fingerprint density at radius 3 is 2.95 bits per heavy atom. The van der Waals surface area contributed by atoms with E-state index in [1.54, 1.807) is 0 Å². The van der Waals surface area contributed by atoms with Gasteiger partial charge in [-0.05, 0) is 37.4 Å². The largest absolute Gasteiger partial charge is 0.483 e. The van der Waals surface area contributed by atoms with Gasteiger partial charge >= 0.3 is 0 Å². The third kappa shape index (κ3) is 5.02. The maximum absolute atomic E-state index is 11.7. The fraction of sp³-hybridized carbons (Fsp3) is 0.533. The van der Waals surface area contributed by atoms with Crippen molar-refractivity contribution >= 4 is 18.3 Å². The van der Waals surface area contributed by atoms with Gasteiger partial charge in [0.25, 0.3) is 5.91 Å². The second kappa shape index (κ2) is 8.82. The van der Waals surface area contributed by atoms with Crippen molar-refractivity contribution in [2.75, 3.05) is 19.7 Å². The van der Waals surface area contributed by atoms with Crippen LogP contribution >= 0.6 is 12.4 Å². The number of amides is 1. The zero-order chi connectivity index (χ0) is 13.5. The van der Waals surface area contributed by atoms with Crippen molar-refractivity contribution in [1.82, 2.24) is 10.6 Å². The number of hydrogen-bond donors (Lipinski definition) is 2. The van der Waals surface area contributed by atoms with Crippen molar-refractivity contribution in [3.8, 4) is 5.75 Å². The van der Waals surface area contributed by atoms with E-state index >= 15 is 0 Å². The minimum absolute atomic E-state index is 0. The van der Waals surface area contributed by atoms with Crippen LogP contribution in [0.1, 0.15) is 25.3 Å². The predicted octanol–water partition coefficient (Wildman–Crippen LogP) is 1.92. The van der Waals surface area contributed by atoms with E-state index in [2.05, 4.69) is 17.6 Å². The Balaban J connectivity index is 0.00000200. The molecule has 1 unspecified atom stereocenters. The normalized spacial score (nSPS) is 17.4. The molecule has 1 atom stereocenters. The molecule has 0 aliphatic carbocycles. The molecule has 112 valence electrons. The van der Waals surface area contributed by atoms with E-state index in [0.29, 0.717) is 12.6 Å². The average molecular weight is 299 g/mol. The van der Waals surface area contributed by atoms with Gasteiger partial charge in [0.15, 0.2) is 6.61 Å². The maximum Gasteiger partial charge on any atom is 0.257 e. The lowest BCUT2D eigenvalue weighted by Gasteiger charge is -2.13. The number of aryl methyl sites for hydroxylation is 1. The van der Waals surface area contributed by atoms with E-state index in [4.69, 9.17) is 4.74 Å². The number of halogens is 1. The SMILES string of the molecule is CCc1ccccc1OCC(=O)NCC1CCCN1.Cl. The third-order valence-electron chi connectivity index (χ3n) is 3.42. The van der Waals surface area contributed by atoms with E-state index in [9.17, 15) is 4.79 Å². The molecule has 1 fully saturated rings. The molecule has 1 aromatic rings. The van der Waals surface area contributed by atoms with Crippen molar-refractivity contribution in [1.29, 1.82) is 0 Å². The van der Waals surface area contributed by atoms with E-state index in [1.165, 1.54) is 6.42 Å². The first kappa shape index (κ1) is 16.8. The molecule has 1 aromatic carbocycles. The topological polar surface area (TPSA) is 50.4 Å². The van der Waals surface area contributed by atoms with Gasteiger partial charge in [-0.2, -0.15) is 0 Å². The van der Waals surface area contributed by atoms with Crippen LogP contribution in [0.5, 0.6) is 5.75 Å². The molecule has 0 bridgehead atoms. The molecule has 20 heavy (non-hydrogen) atoms. The monoisotopic (exact) mass is 298 g/mol. The highest BCUT2D eigenvalue weighted by atomic mass is 35.5. The van der Waals surface area contributed by atoms with Gasteiger partial charge in [0.1, 0.15) is 5.75 Å². The number of carbonyl (C=O) groups is 1. The molecular formula is C15H23ClN2O2. The number of para-hydroxylation sites is 1. The maximum atomic E-state index is 11.7. The Hall–Kier alpha value is -1.26. The predicted molar refractivity (Wildman–Crippen MR) is 82.6 cm³/mol. The van der Waals surface area contributed by atoms with Crippen LogP contribution in [-0.4, -0.2) is 31.6 Å². The molecule has 1 aliphatic heterocycles. The Bertz CT molecular complexity index is 420. The number of carbonyl (C=O) groups excluding carboxylic acids is 1. The van der Waals surface area contributed by atoms with Crippen molar-refractivity contribution in [3.63, 3.8) is 0 Å². The first-order valence-electron chi connectivity index (χ1n) is 7.00. The Kier molecular flexibility index (Phi) is 7.41. The van der Waals surface area contributed by atoms with Crippen molar-refractivity contribution in [2.24, 2.45) is 0 Å². The van der Waals surface area contributed by atoms with Crippen LogP contribution < -0.4 is 15.4 Å². The summed E-state index contributed by atoms with van der Waals surface area (Å²) < 4.78 is 5.57. The van der Waals surface area contributed by atoms with E-state index in [1.807, 2.05) is 24.3 Å². The minimum atomic E-state index is -0.0559. The molecule has 0 aromatic heterocycles. The van der Waals surface area contributed by atoms with Gasteiger partial charge in [-0.25, -0.2) is 0 Å². The molecule has 1 saturated heterocycles. The summed E-state index contributed by atoms with van der Waals surface area (Å²) in [5, 5.41) is 6.25. The first-order valence-corrected chi connectivity index (χ1v) is 7.00. The summed E-state index contributed by atoms with van der Waals surface area (Å²) in [6.45, 7) is 3.91.